The molecule has 3 heteroatoms. The first-order chi connectivity index (χ1) is 8.77. The van der Waals surface area contributed by atoms with Gasteiger partial charge in [0.1, 0.15) is 5.75 Å². The van der Waals surface area contributed by atoms with Crippen LogP contribution in [0.15, 0.2) is 24.3 Å². The summed E-state index contributed by atoms with van der Waals surface area (Å²) >= 11 is 0. The first kappa shape index (κ1) is 14.1. The molecule has 0 unspecified atom stereocenters. The van der Waals surface area contributed by atoms with Crippen molar-refractivity contribution >= 4 is 6.16 Å². The fourth-order valence-electron chi connectivity index (χ4n) is 1.48. The zero-order valence-corrected chi connectivity index (χ0v) is 10.6. The number of terminal acetylenes is 1. The summed E-state index contributed by atoms with van der Waals surface area (Å²) in [5.74, 6) is 2.81. The Morgan fingerprint density at radius 1 is 1.28 bits per heavy atom. The number of carbonyl (C=O) groups is 1. The molecule has 1 rings (SSSR count). The van der Waals surface area contributed by atoms with Crippen LogP contribution in [-0.2, 0) is 4.74 Å². The predicted molar refractivity (Wildman–Crippen MR) is 70.5 cm³/mol. The van der Waals surface area contributed by atoms with Crippen molar-refractivity contribution in [3.8, 4) is 18.1 Å². The van der Waals surface area contributed by atoms with E-state index < -0.39 is 6.16 Å². The fraction of sp³-hybridized carbons (Fsp3) is 0.400. The molecule has 0 saturated heterocycles. The average molecular weight is 246 g/mol. The molecule has 18 heavy (non-hydrogen) atoms. The molecule has 0 heterocycles. The lowest BCUT2D eigenvalue weighted by Crippen LogP contribution is -2.12. The molecule has 0 aromatic heterocycles. The highest BCUT2D eigenvalue weighted by Gasteiger charge is 2.08. The van der Waals surface area contributed by atoms with Gasteiger partial charge in [-0.2, -0.15) is 0 Å². The Morgan fingerprint density at radius 2 is 2.06 bits per heavy atom. The van der Waals surface area contributed by atoms with Crippen LogP contribution in [0.2, 0.25) is 0 Å². The van der Waals surface area contributed by atoms with Crippen molar-refractivity contribution in [2.75, 3.05) is 6.61 Å². The van der Waals surface area contributed by atoms with Gasteiger partial charge in [0.25, 0.3) is 0 Å². The van der Waals surface area contributed by atoms with Crippen molar-refractivity contribution in [1.82, 2.24) is 0 Å². The molecule has 0 aliphatic heterocycles. The number of para-hydroxylation sites is 1. The quantitative estimate of drug-likeness (QED) is 0.332. The third-order valence-corrected chi connectivity index (χ3v) is 2.45. The second kappa shape index (κ2) is 8.19. The van der Waals surface area contributed by atoms with Gasteiger partial charge in [0, 0.05) is 0 Å². The fourth-order valence-corrected chi connectivity index (χ4v) is 1.48. The smallest absolute Gasteiger partial charge is 0.434 e. The van der Waals surface area contributed by atoms with Gasteiger partial charge in [-0.3, -0.25) is 0 Å². The molecule has 1 aromatic rings. The van der Waals surface area contributed by atoms with Crippen molar-refractivity contribution in [1.29, 1.82) is 0 Å². The van der Waals surface area contributed by atoms with Crippen LogP contribution in [0.1, 0.15) is 38.2 Å². The molecule has 0 radical (unpaired) electrons. The summed E-state index contributed by atoms with van der Waals surface area (Å²) in [6.07, 6.45) is 8.82. The zero-order valence-electron chi connectivity index (χ0n) is 10.6. The number of ether oxygens (including phenoxy) is 2. The molecule has 0 N–H and O–H groups in total. The lowest BCUT2D eigenvalue weighted by molar-refractivity contribution is 0.0972. The van der Waals surface area contributed by atoms with E-state index in [-0.39, 0.29) is 0 Å². The van der Waals surface area contributed by atoms with E-state index >= 15 is 0 Å². The maximum Gasteiger partial charge on any atom is 0.513 e. The standard InChI is InChI=1S/C15H18O3/c1-3-5-6-9-12-17-15(16)18-14-11-8-7-10-13(14)4-2/h2,7-8,10-11H,3,5-6,9,12H2,1H3. The van der Waals surface area contributed by atoms with E-state index in [0.29, 0.717) is 17.9 Å². The average Bonchev–Trinajstić information content (AvgIpc) is 2.39. The van der Waals surface area contributed by atoms with E-state index in [4.69, 9.17) is 15.9 Å². The number of hydrogen-bond acceptors (Lipinski definition) is 3. The highest BCUT2D eigenvalue weighted by atomic mass is 16.7. The van der Waals surface area contributed by atoms with Crippen LogP contribution in [0, 0.1) is 12.3 Å². The molecule has 0 atom stereocenters. The Kier molecular flexibility index (Phi) is 6.42. The maximum absolute atomic E-state index is 11.4. The maximum atomic E-state index is 11.4. The van der Waals surface area contributed by atoms with Crippen molar-refractivity contribution in [2.24, 2.45) is 0 Å². The molecule has 0 bridgehead atoms. The minimum absolute atomic E-state index is 0.360. The highest BCUT2D eigenvalue weighted by molar-refractivity contribution is 5.65. The Morgan fingerprint density at radius 3 is 2.78 bits per heavy atom. The number of hydrogen-bond donors (Lipinski definition) is 0. The van der Waals surface area contributed by atoms with E-state index in [0.717, 1.165) is 25.7 Å². The Hall–Kier alpha value is -1.95. The van der Waals surface area contributed by atoms with Crippen LogP contribution in [0.4, 0.5) is 4.79 Å². The highest BCUT2D eigenvalue weighted by Crippen LogP contribution is 2.17. The molecule has 0 fully saturated rings. The molecule has 0 aliphatic carbocycles. The first-order valence-corrected chi connectivity index (χ1v) is 6.18. The molecule has 96 valence electrons. The first-order valence-electron chi connectivity index (χ1n) is 6.18. The van der Waals surface area contributed by atoms with E-state index in [1.807, 2.05) is 0 Å². The number of carbonyl (C=O) groups excluding carboxylic acids is 1. The summed E-state index contributed by atoms with van der Waals surface area (Å²) in [5.41, 5.74) is 0.542. The van der Waals surface area contributed by atoms with Gasteiger partial charge >= 0.3 is 6.16 Å². The molecule has 0 spiro atoms. The molecular weight excluding hydrogens is 228 g/mol. The van der Waals surface area contributed by atoms with Gasteiger partial charge in [-0.1, -0.05) is 44.2 Å². The molecular formula is C15H18O3. The number of rotatable bonds is 6. The van der Waals surface area contributed by atoms with Crippen LogP contribution in [0.5, 0.6) is 5.75 Å². The van der Waals surface area contributed by atoms with E-state index in [1.54, 1.807) is 24.3 Å². The lowest BCUT2D eigenvalue weighted by Gasteiger charge is -2.07. The summed E-state index contributed by atoms with van der Waals surface area (Å²) < 4.78 is 10.0. The summed E-state index contributed by atoms with van der Waals surface area (Å²) in [4.78, 5) is 11.4. The van der Waals surface area contributed by atoms with Gasteiger partial charge < -0.3 is 9.47 Å². The van der Waals surface area contributed by atoms with Crippen LogP contribution in [0.25, 0.3) is 0 Å². The van der Waals surface area contributed by atoms with Gasteiger partial charge in [0.2, 0.25) is 0 Å². The minimum Gasteiger partial charge on any atom is -0.434 e. The molecule has 0 amide bonds. The third-order valence-electron chi connectivity index (χ3n) is 2.45. The Bertz CT molecular complexity index is 418. The summed E-state index contributed by atoms with van der Waals surface area (Å²) in [7, 11) is 0. The van der Waals surface area contributed by atoms with Crippen LogP contribution >= 0.6 is 0 Å². The van der Waals surface area contributed by atoms with Crippen molar-refractivity contribution in [2.45, 2.75) is 32.6 Å². The van der Waals surface area contributed by atoms with Gasteiger partial charge in [-0.05, 0) is 18.6 Å². The topological polar surface area (TPSA) is 35.5 Å². The summed E-state index contributed by atoms with van der Waals surface area (Å²) in [6, 6.07) is 6.90. The van der Waals surface area contributed by atoms with E-state index in [2.05, 4.69) is 12.8 Å². The van der Waals surface area contributed by atoms with Gasteiger partial charge in [-0.15, -0.1) is 6.42 Å². The zero-order chi connectivity index (χ0) is 13.2. The summed E-state index contributed by atoms with van der Waals surface area (Å²) in [5, 5.41) is 0. The van der Waals surface area contributed by atoms with Crippen molar-refractivity contribution in [3.63, 3.8) is 0 Å². The second-order valence-corrected chi connectivity index (χ2v) is 3.90. The summed E-state index contributed by atoms with van der Waals surface area (Å²) in [6.45, 7) is 2.52. The molecule has 0 aliphatic rings. The molecule has 0 saturated carbocycles. The van der Waals surface area contributed by atoms with E-state index in [1.165, 1.54) is 0 Å². The minimum atomic E-state index is -0.700. The normalized spacial score (nSPS) is 9.56. The van der Waals surface area contributed by atoms with E-state index in [9.17, 15) is 4.79 Å². The molecule has 1 aromatic carbocycles. The van der Waals surface area contributed by atoms with Crippen LogP contribution < -0.4 is 4.74 Å². The largest absolute Gasteiger partial charge is 0.513 e. The SMILES string of the molecule is C#Cc1ccccc1OC(=O)OCCCCCC. The molecule has 3 nitrogen and oxygen atoms in total. The monoisotopic (exact) mass is 246 g/mol. The number of unbranched alkanes of at least 4 members (excludes halogenated alkanes) is 3. The predicted octanol–water partition coefficient (Wildman–Crippen LogP) is 3.76. The Balaban J connectivity index is 2.34. The van der Waals surface area contributed by atoms with Gasteiger partial charge in [0.15, 0.2) is 0 Å². The van der Waals surface area contributed by atoms with Gasteiger partial charge in [-0.25, -0.2) is 4.79 Å². The number of benzene rings is 1. The Labute approximate surface area is 108 Å². The van der Waals surface area contributed by atoms with Gasteiger partial charge in [0.05, 0.1) is 12.2 Å². The third kappa shape index (κ3) is 4.92. The van der Waals surface area contributed by atoms with Crippen LogP contribution in [0.3, 0.4) is 0 Å². The lowest BCUT2D eigenvalue weighted by atomic mass is 10.2. The van der Waals surface area contributed by atoms with Crippen LogP contribution in [-0.4, -0.2) is 12.8 Å². The second-order valence-electron chi connectivity index (χ2n) is 3.90. The van der Waals surface area contributed by atoms with Crippen molar-refractivity contribution < 1.29 is 14.3 Å². The van der Waals surface area contributed by atoms with Crippen molar-refractivity contribution in [3.05, 3.63) is 29.8 Å².